The lowest BCUT2D eigenvalue weighted by atomic mass is 10.0. The topological polar surface area (TPSA) is 211 Å². The maximum atomic E-state index is 13.6. The van der Waals surface area contributed by atoms with Gasteiger partial charge in [-0.1, -0.05) is 13.8 Å². The molecular formula is C31H46ClN7O7. The van der Waals surface area contributed by atoms with Crippen LogP contribution in [0.5, 0.6) is 0 Å². The first-order valence-corrected chi connectivity index (χ1v) is 15.1. The molecule has 1 saturated heterocycles. The number of alkyl carbamates (subject to hydrolysis) is 1. The molecule has 14 nitrogen and oxygen atoms in total. The second-order valence-corrected chi connectivity index (χ2v) is 12.5. The maximum absolute atomic E-state index is 13.6. The molecule has 0 spiro atoms. The van der Waals surface area contributed by atoms with Gasteiger partial charge >= 0.3 is 11.7 Å². The number of carbonyl (C=O) groups is 4. The summed E-state index contributed by atoms with van der Waals surface area (Å²) in [5, 5.41) is 8.96. The number of likely N-dealkylation sites (tertiary alicyclic amines) is 1. The number of nitrogens with zero attached hydrogens (tertiary/aromatic N) is 2. The minimum absolute atomic E-state index is 0. The van der Waals surface area contributed by atoms with Crippen LogP contribution in [0.2, 0.25) is 0 Å². The summed E-state index contributed by atoms with van der Waals surface area (Å²) in [4.78, 5) is 70.4. The number of halogens is 1. The van der Waals surface area contributed by atoms with Gasteiger partial charge in [0.05, 0.1) is 0 Å². The van der Waals surface area contributed by atoms with Crippen LogP contribution in [0, 0.1) is 12.8 Å². The number of carbonyl (C=O) groups excluding carboxylic acids is 4. The highest BCUT2D eigenvalue weighted by Crippen LogP contribution is 2.23. The molecule has 1 fully saturated rings. The van der Waals surface area contributed by atoms with Gasteiger partial charge in [0.2, 0.25) is 17.7 Å². The number of guanidine groups is 1. The molecule has 0 saturated carbocycles. The monoisotopic (exact) mass is 663 g/mol. The normalized spacial score (nSPS) is 15.8. The fourth-order valence-electron chi connectivity index (χ4n) is 5.10. The Hall–Kier alpha value is -4.33. The SMILES string of the molecule is Cc1cc(=O)oc2cc(NC(=O)C(CCCN=C(N)N)NC(=O)C3CCCN3C(=O)C(NC(=O)OC(C)(C)C)C(C)C)ccc12.Cl. The number of fused-ring (bicyclic) bond motifs is 1. The number of rotatable bonds is 11. The van der Waals surface area contributed by atoms with Crippen molar-refractivity contribution < 1.29 is 28.3 Å². The van der Waals surface area contributed by atoms with Crippen LogP contribution in [0.4, 0.5) is 10.5 Å². The van der Waals surface area contributed by atoms with Crippen molar-refractivity contribution in [3.05, 3.63) is 40.2 Å². The smallest absolute Gasteiger partial charge is 0.408 e. The summed E-state index contributed by atoms with van der Waals surface area (Å²) in [6.07, 6.45) is 0.816. The van der Waals surface area contributed by atoms with Crippen LogP contribution in [0.25, 0.3) is 11.0 Å². The van der Waals surface area contributed by atoms with Crippen molar-refractivity contribution in [1.82, 2.24) is 15.5 Å². The van der Waals surface area contributed by atoms with Gasteiger partial charge in [-0.15, -0.1) is 12.4 Å². The quantitative estimate of drug-likeness (QED) is 0.103. The maximum Gasteiger partial charge on any atom is 0.408 e. The molecule has 1 aliphatic heterocycles. The van der Waals surface area contributed by atoms with Crippen LogP contribution in [-0.2, 0) is 19.1 Å². The Morgan fingerprint density at radius 2 is 1.83 bits per heavy atom. The van der Waals surface area contributed by atoms with Crippen LogP contribution in [0.3, 0.4) is 0 Å². The van der Waals surface area contributed by atoms with Crippen molar-refractivity contribution in [2.24, 2.45) is 22.4 Å². The Morgan fingerprint density at radius 1 is 1.13 bits per heavy atom. The van der Waals surface area contributed by atoms with Crippen LogP contribution >= 0.6 is 12.4 Å². The van der Waals surface area contributed by atoms with Crippen LogP contribution in [0.1, 0.15) is 65.9 Å². The Morgan fingerprint density at radius 3 is 2.46 bits per heavy atom. The number of hydrogen-bond acceptors (Lipinski definition) is 8. The van der Waals surface area contributed by atoms with E-state index in [4.69, 9.17) is 20.6 Å². The molecule has 2 heterocycles. The van der Waals surface area contributed by atoms with Gasteiger partial charge in [-0.3, -0.25) is 19.4 Å². The fourth-order valence-corrected chi connectivity index (χ4v) is 5.10. The lowest BCUT2D eigenvalue weighted by Crippen LogP contribution is -2.57. The van der Waals surface area contributed by atoms with E-state index in [0.29, 0.717) is 37.1 Å². The van der Waals surface area contributed by atoms with Gasteiger partial charge < -0.3 is 41.5 Å². The second kappa shape index (κ2) is 16.3. The van der Waals surface area contributed by atoms with E-state index in [1.165, 1.54) is 11.0 Å². The van der Waals surface area contributed by atoms with E-state index in [2.05, 4.69) is 20.9 Å². The molecule has 0 radical (unpaired) electrons. The van der Waals surface area contributed by atoms with Crippen LogP contribution in [0.15, 0.2) is 38.5 Å². The summed E-state index contributed by atoms with van der Waals surface area (Å²) >= 11 is 0. The predicted molar refractivity (Wildman–Crippen MR) is 178 cm³/mol. The zero-order valence-electron chi connectivity index (χ0n) is 27.2. The van der Waals surface area contributed by atoms with Gasteiger partial charge in [0.25, 0.3) is 0 Å². The summed E-state index contributed by atoms with van der Waals surface area (Å²) in [6.45, 7) is 11.1. The highest BCUT2D eigenvalue weighted by molar-refractivity contribution is 6.00. The first-order valence-electron chi connectivity index (χ1n) is 15.1. The molecule has 0 aliphatic carbocycles. The highest BCUT2D eigenvalue weighted by Gasteiger charge is 2.40. The number of aryl methyl sites for hydroxylation is 1. The summed E-state index contributed by atoms with van der Waals surface area (Å²) in [5.74, 6) is -1.78. The number of ether oxygens (including phenoxy) is 1. The van der Waals surface area contributed by atoms with Crippen molar-refractivity contribution in [2.45, 2.75) is 91.0 Å². The number of benzene rings is 1. The highest BCUT2D eigenvalue weighted by atomic mass is 35.5. The van der Waals surface area contributed by atoms with Crippen molar-refractivity contribution in [1.29, 1.82) is 0 Å². The Bertz CT molecular complexity index is 1500. The molecule has 15 heteroatoms. The Balaban J connectivity index is 0.00000736. The van der Waals surface area contributed by atoms with E-state index in [0.717, 1.165) is 10.9 Å². The van der Waals surface area contributed by atoms with Crippen molar-refractivity contribution in [3.63, 3.8) is 0 Å². The van der Waals surface area contributed by atoms with Crippen molar-refractivity contribution in [3.8, 4) is 0 Å². The number of nitrogens with two attached hydrogens (primary N) is 2. The van der Waals surface area contributed by atoms with E-state index in [1.807, 2.05) is 0 Å². The Kier molecular flexibility index (Phi) is 13.4. The minimum atomic E-state index is -0.995. The molecular weight excluding hydrogens is 618 g/mol. The van der Waals surface area contributed by atoms with Gasteiger partial charge in [0.1, 0.15) is 29.3 Å². The van der Waals surface area contributed by atoms with Gasteiger partial charge in [0.15, 0.2) is 5.96 Å². The summed E-state index contributed by atoms with van der Waals surface area (Å²) in [6, 6.07) is 3.58. The second-order valence-electron chi connectivity index (χ2n) is 12.5. The summed E-state index contributed by atoms with van der Waals surface area (Å²) < 4.78 is 10.6. The fraction of sp³-hybridized carbons (Fsp3) is 0.548. The Labute approximate surface area is 274 Å². The molecule has 0 bridgehead atoms. The third kappa shape index (κ3) is 10.6. The number of nitrogens with one attached hydrogen (secondary N) is 3. The van der Waals surface area contributed by atoms with E-state index in [9.17, 15) is 24.0 Å². The third-order valence-corrected chi connectivity index (χ3v) is 7.24. The van der Waals surface area contributed by atoms with Gasteiger partial charge in [0, 0.05) is 36.3 Å². The van der Waals surface area contributed by atoms with E-state index < -0.39 is 53.2 Å². The number of aliphatic imine (C=N–C) groups is 1. The van der Waals surface area contributed by atoms with Crippen molar-refractivity contribution in [2.75, 3.05) is 18.4 Å². The number of anilines is 1. The number of amides is 4. The molecule has 4 amide bonds. The lowest BCUT2D eigenvalue weighted by molar-refractivity contribution is -0.141. The zero-order valence-corrected chi connectivity index (χ0v) is 28.0. The average molecular weight is 664 g/mol. The first-order chi connectivity index (χ1) is 21.1. The minimum Gasteiger partial charge on any atom is -0.444 e. The zero-order chi connectivity index (χ0) is 33.5. The number of hydrogen-bond donors (Lipinski definition) is 5. The average Bonchev–Trinajstić information content (AvgIpc) is 3.41. The molecule has 7 N–H and O–H groups in total. The van der Waals surface area contributed by atoms with Crippen molar-refractivity contribution >= 4 is 58.8 Å². The molecule has 254 valence electrons. The standard InChI is InChI=1S/C31H45N7O7.ClH/c1-17(2)25(37-30(43)45-31(4,5)6)28(42)38-14-8-10-22(38)27(41)36-21(9-7-13-34-29(32)33)26(40)35-19-11-12-20-18(3)15-24(39)44-23(20)16-19;/h11-12,15-17,21-22,25H,7-10,13-14H2,1-6H3,(H,35,40)(H,36,41)(H,37,43)(H4,32,33,34);1H. The van der Waals surface area contributed by atoms with Gasteiger partial charge in [-0.2, -0.15) is 0 Å². The van der Waals surface area contributed by atoms with E-state index in [-0.39, 0.29) is 37.3 Å². The lowest BCUT2D eigenvalue weighted by Gasteiger charge is -2.31. The summed E-state index contributed by atoms with van der Waals surface area (Å²) in [7, 11) is 0. The van der Waals surface area contributed by atoms with Crippen LogP contribution in [-0.4, -0.2) is 71.5 Å². The van der Waals surface area contributed by atoms with Gasteiger partial charge in [-0.05, 0) is 77.0 Å². The predicted octanol–water partition coefficient (Wildman–Crippen LogP) is 2.54. The molecule has 46 heavy (non-hydrogen) atoms. The van der Waals surface area contributed by atoms with Gasteiger partial charge in [-0.25, -0.2) is 9.59 Å². The van der Waals surface area contributed by atoms with Crippen LogP contribution < -0.4 is 33.0 Å². The molecule has 2 aromatic rings. The molecule has 1 aliphatic rings. The molecule has 3 rings (SSSR count). The largest absolute Gasteiger partial charge is 0.444 e. The molecule has 3 atom stereocenters. The third-order valence-electron chi connectivity index (χ3n) is 7.24. The molecule has 3 unspecified atom stereocenters. The molecule has 1 aromatic carbocycles. The van der Waals surface area contributed by atoms with E-state index in [1.54, 1.807) is 59.7 Å². The first kappa shape index (κ1) is 37.9. The summed E-state index contributed by atoms with van der Waals surface area (Å²) in [5.41, 5.74) is 11.0. The molecule has 1 aromatic heterocycles. The van der Waals surface area contributed by atoms with E-state index >= 15 is 0 Å².